The van der Waals surface area contributed by atoms with Gasteiger partial charge in [0.05, 0.1) is 0 Å². The van der Waals surface area contributed by atoms with Gasteiger partial charge in [0.15, 0.2) is 0 Å². The van der Waals surface area contributed by atoms with Gasteiger partial charge in [-0.3, -0.25) is 4.79 Å². The second-order valence-corrected chi connectivity index (χ2v) is 5.78. The van der Waals surface area contributed by atoms with E-state index in [0.717, 1.165) is 5.56 Å². The van der Waals surface area contributed by atoms with Crippen LogP contribution in [0.1, 0.15) is 11.7 Å². The van der Waals surface area contributed by atoms with Crippen LogP contribution in [0.15, 0.2) is 84.9 Å². The van der Waals surface area contributed by atoms with E-state index < -0.39 is 12.1 Å². The molecule has 0 heterocycles. The summed E-state index contributed by atoms with van der Waals surface area (Å²) in [4.78, 5) is 23.7. The van der Waals surface area contributed by atoms with E-state index in [1.807, 2.05) is 48.5 Å². The minimum atomic E-state index is -0.808. The first-order valence-electron chi connectivity index (χ1n) is 8.36. The molecule has 27 heavy (non-hydrogen) atoms. The van der Waals surface area contributed by atoms with Gasteiger partial charge in [0.2, 0.25) is 6.10 Å². The maximum atomic E-state index is 12.9. The van der Waals surface area contributed by atoms with E-state index >= 15 is 0 Å². The Kier molecular flexibility index (Phi) is 5.69. The largest absolute Gasteiger partial charge is 0.476 e. The van der Waals surface area contributed by atoms with Gasteiger partial charge >= 0.3 is 6.03 Å². The third-order valence-corrected chi connectivity index (χ3v) is 3.76. The summed E-state index contributed by atoms with van der Waals surface area (Å²) in [7, 11) is 0. The molecule has 6 nitrogen and oxygen atoms in total. The highest BCUT2D eigenvalue weighted by Crippen LogP contribution is 2.24. The molecule has 0 aliphatic rings. The van der Waals surface area contributed by atoms with E-state index in [1.165, 1.54) is 0 Å². The number of nitrogens with one attached hydrogen (secondary N) is 2. The van der Waals surface area contributed by atoms with Crippen molar-refractivity contribution in [2.45, 2.75) is 6.10 Å². The molecular formula is C21H19N3O3. The third-order valence-electron chi connectivity index (χ3n) is 3.76. The van der Waals surface area contributed by atoms with Crippen LogP contribution in [-0.2, 0) is 4.79 Å². The second-order valence-electron chi connectivity index (χ2n) is 5.78. The van der Waals surface area contributed by atoms with Gasteiger partial charge in [-0.15, -0.1) is 0 Å². The smallest absolute Gasteiger partial charge is 0.316 e. The molecule has 6 heteroatoms. The first kappa shape index (κ1) is 18.0. The third kappa shape index (κ3) is 5.09. The van der Waals surface area contributed by atoms with Crippen molar-refractivity contribution in [3.8, 4) is 5.75 Å². The molecule has 3 amide bonds. The Morgan fingerprint density at radius 2 is 1.26 bits per heavy atom. The zero-order chi connectivity index (χ0) is 19.1. The van der Waals surface area contributed by atoms with E-state index in [-0.39, 0.29) is 5.91 Å². The van der Waals surface area contributed by atoms with Gasteiger partial charge < -0.3 is 21.1 Å². The van der Waals surface area contributed by atoms with Crippen LogP contribution < -0.4 is 21.1 Å². The van der Waals surface area contributed by atoms with Gasteiger partial charge in [-0.05, 0) is 36.4 Å². The summed E-state index contributed by atoms with van der Waals surface area (Å²) in [5.41, 5.74) is 6.94. The standard InChI is InChI=1S/C21H19N3O3/c22-21(26)24-17-13-11-16(12-14-17)23-20(25)19(15-7-3-1-4-8-15)27-18-9-5-2-6-10-18/h1-14,19H,(H,23,25)(H3,22,24,26)/t19-/m1/s1. The van der Waals surface area contributed by atoms with Crippen molar-refractivity contribution < 1.29 is 14.3 Å². The predicted octanol–water partition coefficient (Wildman–Crippen LogP) is 3.94. The molecule has 1 atom stereocenters. The number of carbonyl (C=O) groups excluding carboxylic acids is 2. The van der Waals surface area contributed by atoms with Gasteiger partial charge in [0, 0.05) is 16.9 Å². The zero-order valence-corrected chi connectivity index (χ0v) is 14.5. The highest BCUT2D eigenvalue weighted by molar-refractivity contribution is 5.95. The molecule has 0 bridgehead atoms. The number of ether oxygens (including phenoxy) is 1. The number of amides is 3. The average molecular weight is 361 g/mol. The lowest BCUT2D eigenvalue weighted by molar-refractivity contribution is -0.123. The van der Waals surface area contributed by atoms with Crippen LogP contribution in [0.2, 0.25) is 0 Å². The lowest BCUT2D eigenvalue weighted by Gasteiger charge is -2.19. The molecule has 3 aromatic rings. The fourth-order valence-corrected chi connectivity index (χ4v) is 2.52. The fraction of sp³-hybridized carbons (Fsp3) is 0.0476. The summed E-state index contributed by atoms with van der Waals surface area (Å²) in [6.45, 7) is 0. The molecular weight excluding hydrogens is 342 g/mol. The number of hydrogen-bond acceptors (Lipinski definition) is 3. The van der Waals surface area contributed by atoms with Gasteiger partial charge in [0.25, 0.3) is 5.91 Å². The minimum Gasteiger partial charge on any atom is -0.476 e. The summed E-state index contributed by atoms with van der Waals surface area (Å²) in [5.74, 6) is 0.295. The first-order chi connectivity index (χ1) is 13.1. The predicted molar refractivity (Wildman–Crippen MR) is 105 cm³/mol. The van der Waals surface area contributed by atoms with Crippen molar-refractivity contribution in [3.63, 3.8) is 0 Å². The molecule has 136 valence electrons. The molecule has 0 aliphatic carbocycles. The lowest BCUT2D eigenvalue weighted by Crippen LogP contribution is -2.25. The maximum absolute atomic E-state index is 12.9. The van der Waals surface area contributed by atoms with Crippen molar-refractivity contribution in [2.75, 3.05) is 10.6 Å². The summed E-state index contributed by atoms with van der Waals surface area (Å²) in [6, 6.07) is 24.4. The molecule has 0 aliphatic heterocycles. The summed E-state index contributed by atoms with van der Waals surface area (Å²) in [5, 5.41) is 5.30. The number of nitrogens with two attached hydrogens (primary N) is 1. The number of rotatable bonds is 6. The SMILES string of the molecule is NC(=O)Nc1ccc(NC(=O)[C@H](Oc2ccccc2)c2ccccc2)cc1. The maximum Gasteiger partial charge on any atom is 0.316 e. The molecule has 4 N–H and O–H groups in total. The lowest BCUT2D eigenvalue weighted by atomic mass is 10.1. The van der Waals surface area contributed by atoms with Crippen LogP contribution in [0.5, 0.6) is 5.75 Å². The molecule has 0 saturated carbocycles. The Labute approximate surface area is 157 Å². The van der Waals surface area contributed by atoms with Gasteiger partial charge in [-0.1, -0.05) is 48.5 Å². The molecule has 3 rings (SSSR count). The van der Waals surface area contributed by atoms with E-state index in [1.54, 1.807) is 36.4 Å². The molecule has 0 spiro atoms. The molecule has 0 aromatic heterocycles. The number of benzene rings is 3. The van der Waals surface area contributed by atoms with Crippen molar-refractivity contribution >= 4 is 23.3 Å². The van der Waals surface area contributed by atoms with E-state index in [0.29, 0.717) is 17.1 Å². The van der Waals surface area contributed by atoms with Crippen LogP contribution >= 0.6 is 0 Å². The number of carbonyl (C=O) groups is 2. The van der Waals surface area contributed by atoms with Crippen LogP contribution in [0.4, 0.5) is 16.2 Å². The van der Waals surface area contributed by atoms with E-state index in [2.05, 4.69) is 10.6 Å². The Balaban J connectivity index is 1.77. The summed E-state index contributed by atoms with van der Waals surface area (Å²) < 4.78 is 5.93. The molecule has 0 fully saturated rings. The second kappa shape index (κ2) is 8.53. The average Bonchev–Trinajstić information content (AvgIpc) is 2.68. The Morgan fingerprint density at radius 3 is 1.81 bits per heavy atom. The number of para-hydroxylation sites is 1. The van der Waals surface area contributed by atoms with E-state index in [4.69, 9.17) is 10.5 Å². The van der Waals surface area contributed by atoms with Crippen molar-refractivity contribution in [2.24, 2.45) is 5.73 Å². The quantitative estimate of drug-likeness (QED) is 0.621. The highest BCUT2D eigenvalue weighted by atomic mass is 16.5. The molecule has 3 aromatic carbocycles. The fourth-order valence-electron chi connectivity index (χ4n) is 2.52. The topological polar surface area (TPSA) is 93.5 Å². The van der Waals surface area contributed by atoms with E-state index in [9.17, 15) is 9.59 Å². The normalized spacial score (nSPS) is 11.3. The Hall–Kier alpha value is -3.80. The summed E-state index contributed by atoms with van der Waals surface area (Å²) in [6.07, 6.45) is -0.808. The van der Waals surface area contributed by atoms with Crippen LogP contribution in [-0.4, -0.2) is 11.9 Å². The summed E-state index contributed by atoms with van der Waals surface area (Å²) >= 11 is 0. The molecule has 0 unspecified atom stereocenters. The molecule has 0 radical (unpaired) electrons. The number of urea groups is 1. The van der Waals surface area contributed by atoms with Gasteiger partial charge in [-0.25, -0.2) is 4.79 Å². The number of anilines is 2. The first-order valence-corrected chi connectivity index (χ1v) is 8.36. The van der Waals surface area contributed by atoms with Crippen LogP contribution in [0, 0.1) is 0 Å². The van der Waals surface area contributed by atoms with Gasteiger partial charge in [0.1, 0.15) is 5.75 Å². The Bertz CT molecular complexity index is 897. The number of primary amides is 1. The molecule has 0 saturated heterocycles. The monoisotopic (exact) mass is 361 g/mol. The van der Waals surface area contributed by atoms with Crippen LogP contribution in [0.25, 0.3) is 0 Å². The van der Waals surface area contributed by atoms with Crippen molar-refractivity contribution in [1.82, 2.24) is 0 Å². The van der Waals surface area contributed by atoms with Crippen molar-refractivity contribution in [3.05, 3.63) is 90.5 Å². The van der Waals surface area contributed by atoms with Crippen molar-refractivity contribution in [1.29, 1.82) is 0 Å². The minimum absolute atomic E-state index is 0.305. The zero-order valence-electron chi connectivity index (χ0n) is 14.5. The number of hydrogen-bond donors (Lipinski definition) is 3. The highest BCUT2D eigenvalue weighted by Gasteiger charge is 2.22. The Morgan fingerprint density at radius 1 is 0.741 bits per heavy atom. The van der Waals surface area contributed by atoms with Crippen LogP contribution in [0.3, 0.4) is 0 Å². The van der Waals surface area contributed by atoms with Gasteiger partial charge in [-0.2, -0.15) is 0 Å².